The lowest BCUT2D eigenvalue weighted by Gasteiger charge is -2.15. The summed E-state index contributed by atoms with van der Waals surface area (Å²) < 4.78 is 12.0. The molecule has 1 N–H and O–H groups in total. The number of methoxy groups -OCH3 is 2. The van der Waals surface area contributed by atoms with Crippen LogP contribution in [0.2, 0.25) is 0 Å². The van der Waals surface area contributed by atoms with Crippen molar-refractivity contribution in [2.24, 2.45) is 0 Å². The fourth-order valence-electron chi connectivity index (χ4n) is 2.45. The third-order valence-corrected chi connectivity index (χ3v) is 7.13. The Morgan fingerprint density at radius 1 is 1.19 bits per heavy atom. The molecule has 0 aliphatic carbocycles. The summed E-state index contributed by atoms with van der Waals surface area (Å²) in [7, 11) is 3.04. The lowest BCUT2D eigenvalue weighted by atomic mass is 10.1. The molecule has 5 nitrogen and oxygen atoms in total. The summed E-state index contributed by atoms with van der Waals surface area (Å²) in [4.78, 5) is 14.8. The number of thiocarbonyl (C=S) groups is 1. The molecule has 3 rings (SSSR count). The van der Waals surface area contributed by atoms with E-state index in [1.54, 1.807) is 43.5 Å². The number of hydrogen-bond acceptors (Lipinski definition) is 6. The maximum absolute atomic E-state index is 12.9. The maximum Gasteiger partial charge on any atom is 0.270 e. The summed E-state index contributed by atoms with van der Waals surface area (Å²) in [6.45, 7) is 0. The van der Waals surface area contributed by atoms with E-state index in [0.717, 1.165) is 0 Å². The van der Waals surface area contributed by atoms with Crippen molar-refractivity contribution in [3.8, 4) is 17.2 Å². The predicted molar refractivity (Wildman–Crippen MR) is 119 cm³/mol. The monoisotopic (exact) mass is 529 g/mol. The molecule has 0 radical (unpaired) electrons. The van der Waals surface area contributed by atoms with Crippen LogP contribution in [0.25, 0.3) is 6.08 Å². The Morgan fingerprint density at radius 3 is 2.44 bits per heavy atom. The van der Waals surface area contributed by atoms with E-state index in [-0.39, 0.29) is 11.7 Å². The van der Waals surface area contributed by atoms with Gasteiger partial charge in [-0.1, -0.05) is 24.0 Å². The second-order valence-corrected chi connectivity index (χ2v) is 8.68. The van der Waals surface area contributed by atoms with Gasteiger partial charge in [-0.3, -0.25) is 9.69 Å². The Kier molecular flexibility index (Phi) is 6.15. The Morgan fingerprint density at radius 2 is 1.85 bits per heavy atom. The molecule has 0 spiro atoms. The molecular weight excluding hydrogens is 518 g/mol. The number of thioether (sulfide) groups is 1. The molecule has 1 saturated heterocycles. The quantitative estimate of drug-likeness (QED) is 0.425. The number of carbonyl (C=O) groups excluding carboxylic acids is 1. The lowest BCUT2D eigenvalue weighted by Crippen LogP contribution is -2.27. The number of ether oxygens (including phenoxy) is 2. The van der Waals surface area contributed by atoms with E-state index in [1.165, 1.54) is 23.8 Å². The highest BCUT2D eigenvalue weighted by Crippen LogP contribution is 2.44. The molecule has 0 saturated carbocycles. The highest BCUT2D eigenvalue weighted by Gasteiger charge is 2.34. The fourth-order valence-corrected chi connectivity index (χ4v) is 4.57. The van der Waals surface area contributed by atoms with E-state index in [4.69, 9.17) is 21.7 Å². The number of rotatable bonds is 4. The average molecular weight is 531 g/mol. The molecular formula is C18H13Br2NO4S2. The summed E-state index contributed by atoms with van der Waals surface area (Å²) in [5.41, 5.74) is 1.08. The zero-order chi connectivity index (χ0) is 19.7. The Balaban J connectivity index is 2.01. The molecule has 0 unspecified atom stereocenters. The Bertz CT molecular complexity index is 961. The molecule has 2 aromatic rings. The number of benzene rings is 2. The molecule has 1 aliphatic heterocycles. The third-order valence-electron chi connectivity index (χ3n) is 3.81. The van der Waals surface area contributed by atoms with Gasteiger partial charge in [0, 0.05) is 14.5 Å². The number of phenols is 1. The van der Waals surface area contributed by atoms with E-state index in [9.17, 15) is 9.90 Å². The van der Waals surface area contributed by atoms with E-state index in [0.29, 0.717) is 40.9 Å². The summed E-state index contributed by atoms with van der Waals surface area (Å²) in [5, 5.41) is 10.4. The number of carbonyl (C=O) groups is 1. The van der Waals surface area contributed by atoms with Crippen molar-refractivity contribution in [1.29, 1.82) is 0 Å². The zero-order valence-corrected chi connectivity index (χ0v) is 19.0. The highest BCUT2D eigenvalue weighted by atomic mass is 79.9. The Hall–Kier alpha value is -1.55. The van der Waals surface area contributed by atoms with Crippen LogP contribution in [0.4, 0.5) is 5.69 Å². The van der Waals surface area contributed by atoms with Crippen LogP contribution in [-0.4, -0.2) is 29.6 Å². The van der Waals surface area contributed by atoms with E-state index in [1.807, 2.05) is 0 Å². The van der Waals surface area contributed by atoms with E-state index >= 15 is 0 Å². The van der Waals surface area contributed by atoms with Gasteiger partial charge in [-0.05, 0) is 68.3 Å². The van der Waals surface area contributed by atoms with Crippen LogP contribution in [0.1, 0.15) is 5.56 Å². The van der Waals surface area contributed by atoms with Crippen molar-refractivity contribution in [1.82, 2.24) is 0 Å². The highest BCUT2D eigenvalue weighted by molar-refractivity contribution is 9.13. The lowest BCUT2D eigenvalue weighted by molar-refractivity contribution is -0.113. The second-order valence-electron chi connectivity index (χ2n) is 5.35. The number of phenolic OH excluding ortho intramolecular Hbond substituents is 1. The van der Waals surface area contributed by atoms with Gasteiger partial charge in [0.1, 0.15) is 5.75 Å². The van der Waals surface area contributed by atoms with Gasteiger partial charge in [0.05, 0.1) is 24.8 Å². The number of nitrogens with zero attached hydrogens (tertiary/aromatic N) is 1. The minimum atomic E-state index is -0.264. The minimum Gasteiger partial charge on any atom is -0.504 e. The smallest absolute Gasteiger partial charge is 0.270 e. The first kappa shape index (κ1) is 20.2. The number of halogens is 2. The molecule has 0 aromatic heterocycles. The zero-order valence-electron chi connectivity index (χ0n) is 14.2. The molecule has 140 valence electrons. The Labute approximate surface area is 182 Å². The van der Waals surface area contributed by atoms with Gasteiger partial charge in [0.2, 0.25) is 0 Å². The number of amides is 1. The standard InChI is InChI=1S/C18H13Br2NO4S2/c1-24-10-5-3-9(4-6-10)21-17(23)14(27-18(21)26)7-11-15(20)12(19)8-13(25-2)16(11)22/h3-8,22H,1-2H3/b14-7+. The van der Waals surface area contributed by atoms with Gasteiger partial charge in [-0.25, -0.2) is 0 Å². The van der Waals surface area contributed by atoms with Crippen LogP contribution < -0.4 is 14.4 Å². The van der Waals surface area contributed by atoms with Crippen molar-refractivity contribution in [3.05, 3.63) is 49.7 Å². The van der Waals surface area contributed by atoms with Crippen molar-refractivity contribution < 1.29 is 19.4 Å². The fraction of sp³-hybridized carbons (Fsp3) is 0.111. The molecule has 0 atom stereocenters. The molecule has 1 fully saturated rings. The van der Waals surface area contributed by atoms with Crippen LogP contribution in [0.5, 0.6) is 17.2 Å². The predicted octanol–water partition coefficient (Wildman–Crippen LogP) is 5.34. The first-order valence-electron chi connectivity index (χ1n) is 7.54. The van der Waals surface area contributed by atoms with E-state index in [2.05, 4.69) is 31.9 Å². The van der Waals surface area contributed by atoms with Crippen LogP contribution in [0.3, 0.4) is 0 Å². The first-order valence-corrected chi connectivity index (χ1v) is 10.4. The molecule has 9 heteroatoms. The van der Waals surface area contributed by atoms with Crippen LogP contribution in [0.15, 0.2) is 44.2 Å². The van der Waals surface area contributed by atoms with Crippen molar-refractivity contribution in [2.45, 2.75) is 0 Å². The largest absolute Gasteiger partial charge is 0.504 e. The first-order chi connectivity index (χ1) is 12.9. The molecule has 1 amide bonds. The average Bonchev–Trinajstić information content (AvgIpc) is 2.95. The molecule has 27 heavy (non-hydrogen) atoms. The van der Waals surface area contributed by atoms with Gasteiger partial charge in [-0.15, -0.1) is 0 Å². The molecule has 2 aromatic carbocycles. The van der Waals surface area contributed by atoms with Crippen LogP contribution in [-0.2, 0) is 4.79 Å². The summed E-state index contributed by atoms with van der Waals surface area (Å²) in [6.07, 6.45) is 1.59. The second kappa shape index (κ2) is 8.22. The van der Waals surface area contributed by atoms with Crippen molar-refractivity contribution in [3.63, 3.8) is 0 Å². The molecule has 1 heterocycles. The van der Waals surface area contributed by atoms with Crippen LogP contribution >= 0.6 is 55.8 Å². The SMILES string of the molecule is COc1ccc(N2C(=O)/C(=C\c3c(O)c(OC)cc(Br)c3Br)SC2=S)cc1. The van der Waals surface area contributed by atoms with Gasteiger partial charge in [0.15, 0.2) is 15.8 Å². The van der Waals surface area contributed by atoms with E-state index < -0.39 is 0 Å². The number of aromatic hydroxyl groups is 1. The van der Waals surface area contributed by atoms with Gasteiger partial charge in [0.25, 0.3) is 5.91 Å². The number of anilines is 1. The van der Waals surface area contributed by atoms with Crippen molar-refractivity contribution in [2.75, 3.05) is 19.1 Å². The minimum absolute atomic E-state index is 0.0673. The molecule has 1 aliphatic rings. The van der Waals surface area contributed by atoms with Gasteiger partial charge >= 0.3 is 0 Å². The topological polar surface area (TPSA) is 59.0 Å². The summed E-state index contributed by atoms with van der Waals surface area (Å²) >= 11 is 13.4. The number of hydrogen-bond donors (Lipinski definition) is 1. The molecule has 0 bridgehead atoms. The maximum atomic E-state index is 12.9. The van der Waals surface area contributed by atoms with Crippen molar-refractivity contribution >= 4 is 77.8 Å². The van der Waals surface area contributed by atoms with Gasteiger partial charge in [-0.2, -0.15) is 0 Å². The van der Waals surface area contributed by atoms with Gasteiger partial charge < -0.3 is 14.6 Å². The normalized spacial score (nSPS) is 15.6. The summed E-state index contributed by atoms with van der Waals surface area (Å²) in [6, 6.07) is 8.70. The summed E-state index contributed by atoms with van der Waals surface area (Å²) in [5.74, 6) is 0.652. The van der Waals surface area contributed by atoms with Crippen LogP contribution in [0, 0.1) is 0 Å². The third kappa shape index (κ3) is 3.87.